The number of unbranched alkanes of at least 4 members (excludes halogenated alkanes) is 1. The third-order valence-corrected chi connectivity index (χ3v) is 6.24. The van der Waals surface area contributed by atoms with Gasteiger partial charge in [-0.05, 0) is 65.4 Å². The third kappa shape index (κ3) is 5.40. The first-order chi connectivity index (χ1) is 15.9. The summed E-state index contributed by atoms with van der Waals surface area (Å²) in [5.74, 6) is 1.57. The average Bonchev–Trinajstić information content (AvgIpc) is 2.94. The largest absolute Gasteiger partial charge is 0.493 e. The van der Waals surface area contributed by atoms with Crippen molar-refractivity contribution in [3.63, 3.8) is 0 Å². The number of ether oxygens (including phenoxy) is 2. The van der Waals surface area contributed by atoms with Gasteiger partial charge in [-0.15, -0.1) is 0 Å². The number of rotatable bonds is 7. The summed E-state index contributed by atoms with van der Waals surface area (Å²) in [7, 11) is -3.36. The van der Waals surface area contributed by atoms with E-state index in [2.05, 4.69) is 36.8 Å². The van der Waals surface area contributed by atoms with Gasteiger partial charge in [-0.2, -0.15) is 0 Å². The Morgan fingerprint density at radius 3 is 2.64 bits per heavy atom. The molecule has 0 saturated carbocycles. The Kier molecular flexibility index (Phi) is 6.75. The van der Waals surface area contributed by atoms with Gasteiger partial charge in [0.05, 0.1) is 12.9 Å². The second-order valence-electron chi connectivity index (χ2n) is 8.26. The molecule has 0 saturated heterocycles. The summed E-state index contributed by atoms with van der Waals surface area (Å²) >= 11 is 0. The van der Waals surface area contributed by atoms with Crippen LogP contribution in [0.15, 0.2) is 66.7 Å². The third-order valence-electron chi connectivity index (χ3n) is 5.63. The van der Waals surface area contributed by atoms with Crippen LogP contribution >= 0.6 is 0 Å². The second kappa shape index (κ2) is 9.71. The van der Waals surface area contributed by atoms with E-state index in [0.717, 1.165) is 64.0 Å². The van der Waals surface area contributed by atoms with E-state index in [1.165, 1.54) is 0 Å². The molecule has 0 aliphatic carbocycles. The van der Waals surface area contributed by atoms with Crippen molar-refractivity contribution in [2.45, 2.75) is 33.3 Å². The van der Waals surface area contributed by atoms with Crippen molar-refractivity contribution in [1.82, 2.24) is 0 Å². The van der Waals surface area contributed by atoms with Gasteiger partial charge in [0, 0.05) is 17.3 Å². The van der Waals surface area contributed by atoms with Gasteiger partial charge in [0.25, 0.3) is 0 Å². The van der Waals surface area contributed by atoms with Crippen molar-refractivity contribution in [3.8, 4) is 11.5 Å². The monoisotopic (exact) mass is 463 g/mol. The maximum absolute atomic E-state index is 11.7. The molecule has 0 spiro atoms. The van der Waals surface area contributed by atoms with Gasteiger partial charge in [-0.3, -0.25) is 4.72 Å². The quantitative estimate of drug-likeness (QED) is 0.430. The van der Waals surface area contributed by atoms with Crippen LogP contribution in [0.3, 0.4) is 0 Å². The molecule has 1 N–H and O–H groups in total. The normalized spacial score (nSPS) is 14.4. The zero-order valence-electron chi connectivity index (χ0n) is 19.2. The maximum atomic E-state index is 11.7. The second-order valence-corrected chi connectivity index (χ2v) is 10.0. The van der Waals surface area contributed by atoms with Crippen molar-refractivity contribution in [2.24, 2.45) is 0 Å². The minimum atomic E-state index is -3.36. The Labute approximate surface area is 196 Å². The van der Waals surface area contributed by atoms with Crippen LogP contribution in [-0.2, 0) is 16.6 Å². The minimum absolute atomic E-state index is 0.466. The van der Waals surface area contributed by atoms with Gasteiger partial charge in [-0.1, -0.05) is 49.7 Å². The number of nitrogens with one attached hydrogen (secondary N) is 1. The lowest BCUT2D eigenvalue weighted by molar-refractivity contribution is 0.292. The summed E-state index contributed by atoms with van der Waals surface area (Å²) in [6.07, 6.45) is 3.24. The van der Waals surface area contributed by atoms with E-state index in [9.17, 15) is 8.42 Å². The Morgan fingerprint density at radius 2 is 1.85 bits per heavy atom. The van der Waals surface area contributed by atoms with E-state index >= 15 is 0 Å². The Bertz CT molecular complexity index is 1290. The summed E-state index contributed by atoms with van der Waals surface area (Å²) < 4.78 is 38.2. The van der Waals surface area contributed by atoms with Gasteiger partial charge in [0.1, 0.15) is 18.1 Å². The van der Waals surface area contributed by atoms with Crippen LogP contribution < -0.4 is 14.2 Å². The van der Waals surface area contributed by atoms with Crippen molar-refractivity contribution in [2.75, 3.05) is 17.6 Å². The van der Waals surface area contributed by atoms with Crippen LogP contribution in [0.2, 0.25) is 0 Å². The molecule has 33 heavy (non-hydrogen) atoms. The predicted octanol–water partition coefficient (Wildman–Crippen LogP) is 6.11. The van der Waals surface area contributed by atoms with Crippen LogP contribution in [0.4, 0.5) is 5.69 Å². The van der Waals surface area contributed by atoms with Crippen LogP contribution in [-0.4, -0.2) is 21.3 Å². The molecule has 1 aliphatic rings. The molecule has 172 valence electrons. The Balaban J connectivity index is 1.84. The van der Waals surface area contributed by atoms with E-state index < -0.39 is 10.0 Å². The van der Waals surface area contributed by atoms with Crippen LogP contribution in [0, 0.1) is 0 Å². The first kappa shape index (κ1) is 22.9. The molecule has 0 unspecified atom stereocenters. The molecule has 0 radical (unpaired) electrons. The number of allylic oxidation sites excluding steroid dienone is 1. The number of sulfonamides is 1. The fourth-order valence-corrected chi connectivity index (χ4v) is 4.58. The first-order valence-electron chi connectivity index (χ1n) is 11.1. The average molecular weight is 464 g/mol. The molecule has 0 atom stereocenters. The summed E-state index contributed by atoms with van der Waals surface area (Å²) in [6.45, 7) is 5.35. The zero-order valence-corrected chi connectivity index (χ0v) is 20.0. The fraction of sp³-hybridized carbons (Fsp3) is 0.259. The van der Waals surface area contributed by atoms with Crippen molar-refractivity contribution < 1.29 is 17.9 Å². The number of hydrogen-bond donors (Lipinski definition) is 1. The number of benzene rings is 3. The number of anilines is 1. The van der Waals surface area contributed by atoms with Crippen LogP contribution in [0.5, 0.6) is 11.5 Å². The number of hydrogen-bond acceptors (Lipinski definition) is 4. The van der Waals surface area contributed by atoms with Crippen LogP contribution in [0.1, 0.15) is 48.9 Å². The maximum Gasteiger partial charge on any atom is 0.229 e. The van der Waals surface area contributed by atoms with Gasteiger partial charge in [0.2, 0.25) is 10.0 Å². The number of fused-ring (bicyclic) bond motifs is 2. The van der Waals surface area contributed by atoms with E-state index in [4.69, 9.17) is 9.47 Å². The standard InChI is InChI=1S/C27H29NO4S/c1-4-5-15-31-23-13-14-25-26(17-23)32-18-21-9-6-7-12-24(21)27(25)19(2)20-10-8-11-22(16-20)28-33(3,29)30/h6-14,16-17,28H,4-5,15,18H2,1-3H3. The highest BCUT2D eigenvalue weighted by Crippen LogP contribution is 2.42. The summed E-state index contributed by atoms with van der Waals surface area (Å²) in [4.78, 5) is 0. The Morgan fingerprint density at radius 1 is 1.03 bits per heavy atom. The van der Waals surface area contributed by atoms with Gasteiger partial charge in [0.15, 0.2) is 0 Å². The smallest absolute Gasteiger partial charge is 0.229 e. The van der Waals surface area contributed by atoms with Crippen molar-refractivity contribution in [1.29, 1.82) is 0 Å². The minimum Gasteiger partial charge on any atom is -0.493 e. The van der Waals surface area contributed by atoms with Crippen LogP contribution in [0.25, 0.3) is 11.1 Å². The van der Waals surface area contributed by atoms with E-state index in [1.807, 2.05) is 42.5 Å². The molecule has 0 bridgehead atoms. The summed E-state index contributed by atoms with van der Waals surface area (Å²) in [6, 6.07) is 21.7. The summed E-state index contributed by atoms with van der Waals surface area (Å²) in [5, 5.41) is 0. The lowest BCUT2D eigenvalue weighted by Gasteiger charge is -2.17. The first-order valence-corrected chi connectivity index (χ1v) is 13.0. The molecule has 0 amide bonds. The molecule has 1 aliphatic heterocycles. The molecule has 0 fully saturated rings. The van der Waals surface area contributed by atoms with Gasteiger partial charge in [-0.25, -0.2) is 8.42 Å². The fourth-order valence-electron chi connectivity index (χ4n) is 4.02. The SMILES string of the molecule is CCCCOc1ccc2c(c1)OCc1ccccc1C2=C(C)c1cccc(NS(C)(=O)=O)c1. The highest BCUT2D eigenvalue weighted by molar-refractivity contribution is 7.92. The highest BCUT2D eigenvalue weighted by atomic mass is 32.2. The molecular formula is C27H29NO4S. The van der Waals surface area contributed by atoms with Gasteiger partial charge >= 0.3 is 0 Å². The highest BCUT2D eigenvalue weighted by Gasteiger charge is 2.22. The molecule has 3 aromatic rings. The summed E-state index contributed by atoms with van der Waals surface area (Å²) in [5.41, 5.74) is 6.76. The Hall–Kier alpha value is -3.25. The molecular weight excluding hydrogens is 434 g/mol. The zero-order chi connectivity index (χ0) is 23.4. The van der Waals surface area contributed by atoms with Crippen molar-refractivity contribution in [3.05, 3.63) is 89.0 Å². The molecule has 4 rings (SSSR count). The topological polar surface area (TPSA) is 64.6 Å². The molecule has 1 heterocycles. The molecule has 0 aromatic heterocycles. The van der Waals surface area contributed by atoms with E-state index in [0.29, 0.717) is 18.9 Å². The molecule has 6 heteroatoms. The van der Waals surface area contributed by atoms with Crippen molar-refractivity contribution >= 4 is 26.9 Å². The lowest BCUT2D eigenvalue weighted by atomic mass is 9.88. The predicted molar refractivity (Wildman–Crippen MR) is 134 cm³/mol. The lowest BCUT2D eigenvalue weighted by Crippen LogP contribution is -2.09. The molecule has 3 aromatic carbocycles. The molecule has 5 nitrogen and oxygen atoms in total. The van der Waals surface area contributed by atoms with Gasteiger partial charge < -0.3 is 9.47 Å². The van der Waals surface area contributed by atoms with E-state index in [1.54, 1.807) is 6.07 Å². The van der Waals surface area contributed by atoms with E-state index in [-0.39, 0.29) is 0 Å².